The standard InChI is InChI=1S/C17H13F3N4O2/c1-26-13-8-2-10(3-9-13)14-15(16(25)24-22-14)23-21-12-6-4-11(5-7-12)17(18,19)20/h2-9H,1H3,(H2,22,24,25). The quantitative estimate of drug-likeness (QED) is 0.653. The van der Waals surface area contributed by atoms with Crippen molar-refractivity contribution < 1.29 is 17.9 Å². The number of hydrogen-bond acceptors (Lipinski definition) is 4. The second-order valence-corrected chi connectivity index (χ2v) is 5.28. The second kappa shape index (κ2) is 6.87. The molecule has 134 valence electrons. The van der Waals surface area contributed by atoms with Crippen molar-refractivity contribution in [2.75, 3.05) is 7.11 Å². The van der Waals surface area contributed by atoms with Crippen molar-refractivity contribution in [2.45, 2.75) is 6.18 Å². The number of ether oxygens (including phenoxy) is 1. The molecule has 0 aliphatic heterocycles. The fourth-order valence-corrected chi connectivity index (χ4v) is 2.24. The van der Waals surface area contributed by atoms with Gasteiger partial charge in [0.05, 0.1) is 24.1 Å². The third-order valence-electron chi connectivity index (χ3n) is 3.59. The molecule has 3 rings (SSSR count). The Morgan fingerprint density at radius 3 is 2.15 bits per heavy atom. The molecule has 0 saturated carbocycles. The summed E-state index contributed by atoms with van der Waals surface area (Å²) in [5, 5.41) is 12.9. The van der Waals surface area contributed by atoms with Crippen LogP contribution in [0.5, 0.6) is 5.75 Å². The van der Waals surface area contributed by atoms with Gasteiger partial charge in [-0.1, -0.05) is 0 Å². The van der Waals surface area contributed by atoms with Gasteiger partial charge in [0.1, 0.15) is 5.75 Å². The first-order valence-electron chi connectivity index (χ1n) is 7.42. The highest BCUT2D eigenvalue weighted by molar-refractivity contribution is 5.71. The van der Waals surface area contributed by atoms with Crippen molar-refractivity contribution in [1.82, 2.24) is 10.2 Å². The minimum absolute atomic E-state index is 0.0232. The average molecular weight is 362 g/mol. The Morgan fingerprint density at radius 2 is 1.58 bits per heavy atom. The normalized spacial score (nSPS) is 11.8. The number of halogens is 3. The number of H-pyrrole nitrogens is 2. The molecule has 0 amide bonds. The molecule has 2 N–H and O–H groups in total. The lowest BCUT2D eigenvalue weighted by molar-refractivity contribution is -0.137. The summed E-state index contributed by atoms with van der Waals surface area (Å²) >= 11 is 0. The Hall–Kier alpha value is -3.36. The Balaban J connectivity index is 1.89. The van der Waals surface area contributed by atoms with Gasteiger partial charge in [-0.25, -0.2) is 0 Å². The predicted octanol–water partition coefficient (Wildman–Crippen LogP) is 4.81. The number of rotatable bonds is 4. The van der Waals surface area contributed by atoms with Crippen molar-refractivity contribution in [3.8, 4) is 17.0 Å². The Bertz CT molecular complexity index is 971. The zero-order chi connectivity index (χ0) is 18.7. The summed E-state index contributed by atoms with van der Waals surface area (Å²) in [4.78, 5) is 11.9. The minimum Gasteiger partial charge on any atom is -0.497 e. The van der Waals surface area contributed by atoms with Crippen LogP contribution in [0, 0.1) is 0 Å². The monoisotopic (exact) mass is 362 g/mol. The van der Waals surface area contributed by atoms with Crippen LogP contribution < -0.4 is 10.3 Å². The number of aromatic nitrogens is 2. The summed E-state index contributed by atoms with van der Waals surface area (Å²) in [6.07, 6.45) is -4.42. The van der Waals surface area contributed by atoms with E-state index in [-0.39, 0.29) is 11.4 Å². The van der Waals surface area contributed by atoms with Gasteiger partial charge in [0, 0.05) is 5.56 Å². The molecule has 3 aromatic rings. The fourth-order valence-electron chi connectivity index (χ4n) is 2.24. The minimum atomic E-state index is -4.42. The third kappa shape index (κ3) is 3.66. The van der Waals surface area contributed by atoms with Crippen LogP contribution in [0.4, 0.5) is 24.5 Å². The summed E-state index contributed by atoms with van der Waals surface area (Å²) in [5.74, 6) is 0.652. The molecule has 0 aliphatic carbocycles. The molecule has 0 saturated heterocycles. The number of methoxy groups -OCH3 is 1. The molecule has 0 radical (unpaired) electrons. The van der Waals surface area contributed by atoms with Crippen molar-refractivity contribution in [2.24, 2.45) is 10.2 Å². The van der Waals surface area contributed by atoms with E-state index in [0.717, 1.165) is 12.1 Å². The molecule has 0 unspecified atom stereocenters. The number of aromatic amines is 2. The first-order valence-corrected chi connectivity index (χ1v) is 7.42. The summed E-state index contributed by atoms with van der Waals surface area (Å²) in [6.45, 7) is 0. The lowest BCUT2D eigenvalue weighted by atomic mass is 10.1. The van der Waals surface area contributed by atoms with E-state index in [2.05, 4.69) is 20.4 Å². The van der Waals surface area contributed by atoms with Crippen LogP contribution in [-0.2, 0) is 6.18 Å². The van der Waals surface area contributed by atoms with E-state index in [4.69, 9.17) is 4.74 Å². The van der Waals surface area contributed by atoms with Crippen LogP contribution >= 0.6 is 0 Å². The van der Waals surface area contributed by atoms with Crippen LogP contribution in [0.2, 0.25) is 0 Å². The molecule has 1 heterocycles. The van der Waals surface area contributed by atoms with Gasteiger partial charge in [0.25, 0.3) is 5.56 Å². The van der Waals surface area contributed by atoms with E-state index in [9.17, 15) is 18.0 Å². The second-order valence-electron chi connectivity index (χ2n) is 5.28. The van der Waals surface area contributed by atoms with Crippen LogP contribution in [0.1, 0.15) is 5.56 Å². The smallest absolute Gasteiger partial charge is 0.416 e. The number of nitrogens with zero attached hydrogens (tertiary/aromatic N) is 2. The van der Waals surface area contributed by atoms with E-state index in [1.807, 2.05) is 0 Å². The lowest BCUT2D eigenvalue weighted by Crippen LogP contribution is -2.03. The van der Waals surface area contributed by atoms with Gasteiger partial charge in [0.15, 0.2) is 5.69 Å². The molecule has 26 heavy (non-hydrogen) atoms. The van der Waals surface area contributed by atoms with E-state index >= 15 is 0 Å². The van der Waals surface area contributed by atoms with Gasteiger partial charge in [0.2, 0.25) is 0 Å². The molecular weight excluding hydrogens is 349 g/mol. The van der Waals surface area contributed by atoms with Crippen molar-refractivity contribution in [3.05, 3.63) is 64.4 Å². The van der Waals surface area contributed by atoms with Gasteiger partial charge >= 0.3 is 6.18 Å². The lowest BCUT2D eigenvalue weighted by Gasteiger charge is -2.05. The first kappa shape index (κ1) is 17.5. The van der Waals surface area contributed by atoms with Gasteiger partial charge in [-0.3, -0.25) is 15.0 Å². The van der Waals surface area contributed by atoms with E-state index in [1.54, 1.807) is 24.3 Å². The predicted molar refractivity (Wildman–Crippen MR) is 89.0 cm³/mol. The van der Waals surface area contributed by atoms with Crippen molar-refractivity contribution in [3.63, 3.8) is 0 Å². The highest BCUT2D eigenvalue weighted by atomic mass is 19.4. The maximum atomic E-state index is 12.6. The van der Waals surface area contributed by atoms with Crippen LogP contribution in [0.3, 0.4) is 0 Å². The molecule has 0 aliphatic rings. The highest BCUT2D eigenvalue weighted by Gasteiger charge is 2.29. The summed E-state index contributed by atoms with van der Waals surface area (Å²) in [5.41, 5.74) is 0.0227. The molecule has 1 aromatic heterocycles. The van der Waals surface area contributed by atoms with Gasteiger partial charge in [-0.15, -0.1) is 5.11 Å². The van der Waals surface area contributed by atoms with E-state index in [1.165, 1.54) is 19.2 Å². The van der Waals surface area contributed by atoms with Crippen molar-refractivity contribution >= 4 is 11.4 Å². The maximum Gasteiger partial charge on any atom is 0.416 e. The molecule has 0 spiro atoms. The molecule has 0 fully saturated rings. The average Bonchev–Trinajstić information content (AvgIpc) is 3.00. The van der Waals surface area contributed by atoms with Gasteiger partial charge in [-0.2, -0.15) is 18.3 Å². The van der Waals surface area contributed by atoms with Crippen LogP contribution in [0.25, 0.3) is 11.3 Å². The topological polar surface area (TPSA) is 82.6 Å². The van der Waals surface area contributed by atoms with Crippen LogP contribution in [-0.4, -0.2) is 17.3 Å². The summed E-state index contributed by atoms with van der Waals surface area (Å²) in [6, 6.07) is 11.1. The molecule has 6 nitrogen and oxygen atoms in total. The molecule has 0 atom stereocenters. The Morgan fingerprint density at radius 1 is 0.923 bits per heavy atom. The third-order valence-corrected chi connectivity index (χ3v) is 3.59. The molecule has 2 aromatic carbocycles. The Kier molecular flexibility index (Phi) is 4.61. The van der Waals surface area contributed by atoms with E-state index < -0.39 is 17.3 Å². The zero-order valence-electron chi connectivity index (χ0n) is 13.5. The molecule has 0 bridgehead atoms. The fraction of sp³-hybridized carbons (Fsp3) is 0.118. The van der Waals surface area contributed by atoms with Gasteiger partial charge in [-0.05, 0) is 48.5 Å². The molecular formula is C17H13F3N4O2. The van der Waals surface area contributed by atoms with Crippen LogP contribution in [0.15, 0.2) is 63.6 Å². The zero-order valence-corrected chi connectivity index (χ0v) is 13.5. The largest absolute Gasteiger partial charge is 0.497 e. The summed E-state index contributed by atoms with van der Waals surface area (Å²) < 4.78 is 42.8. The maximum absolute atomic E-state index is 12.6. The summed E-state index contributed by atoms with van der Waals surface area (Å²) in [7, 11) is 1.54. The molecule has 9 heteroatoms. The van der Waals surface area contributed by atoms with Gasteiger partial charge < -0.3 is 4.74 Å². The number of azo groups is 1. The number of nitrogens with one attached hydrogen (secondary N) is 2. The number of benzene rings is 2. The first-order chi connectivity index (χ1) is 12.4. The SMILES string of the molecule is COc1ccc(-c2[nH][nH]c(=O)c2N=Nc2ccc(C(F)(F)F)cc2)cc1. The van der Waals surface area contributed by atoms with Crippen molar-refractivity contribution in [1.29, 1.82) is 0 Å². The number of alkyl halides is 3. The highest BCUT2D eigenvalue weighted by Crippen LogP contribution is 2.31. The Labute approximate surface area is 145 Å². The number of hydrogen-bond donors (Lipinski definition) is 2. The van der Waals surface area contributed by atoms with E-state index in [0.29, 0.717) is 17.0 Å².